The number of hydrogen-bond acceptors (Lipinski definition) is 6. The van der Waals surface area contributed by atoms with E-state index in [1.54, 1.807) is 31.8 Å². The zero-order valence-corrected chi connectivity index (χ0v) is 17.7. The Kier molecular flexibility index (Phi) is 6.30. The number of para-hydroxylation sites is 1. The number of carbonyl (C=O) groups is 1. The molecule has 2 amide bonds. The first kappa shape index (κ1) is 20.6. The van der Waals surface area contributed by atoms with Gasteiger partial charge in [0.05, 0.1) is 7.11 Å². The number of anilines is 1. The Morgan fingerprint density at radius 2 is 1.97 bits per heavy atom. The molecule has 31 heavy (non-hydrogen) atoms. The Hall–Kier alpha value is -3.62. The van der Waals surface area contributed by atoms with Gasteiger partial charge in [-0.05, 0) is 25.0 Å². The first-order valence-corrected chi connectivity index (χ1v) is 10.3. The maximum atomic E-state index is 13.0. The van der Waals surface area contributed by atoms with Crippen LogP contribution >= 0.6 is 0 Å². The van der Waals surface area contributed by atoms with Crippen molar-refractivity contribution in [1.82, 2.24) is 30.2 Å². The summed E-state index contributed by atoms with van der Waals surface area (Å²) in [6, 6.07) is 8.74. The van der Waals surface area contributed by atoms with Crippen molar-refractivity contribution in [3.63, 3.8) is 0 Å². The number of aromatic nitrogens is 4. The molecule has 4 rings (SSSR count). The van der Waals surface area contributed by atoms with Crippen molar-refractivity contribution in [2.45, 2.75) is 24.9 Å². The number of nitrogens with zero attached hydrogens (tertiary/aromatic N) is 5. The number of nitrogens with one attached hydrogen (secondary N) is 2. The van der Waals surface area contributed by atoms with Crippen LogP contribution < -0.4 is 20.3 Å². The lowest BCUT2D eigenvalue weighted by atomic mass is 10.0. The highest BCUT2D eigenvalue weighted by atomic mass is 16.5. The van der Waals surface area contributed by atoms with Gasteiger partial charge in [-0.3, -0.25) is 0 Å². The second kappa shape index (κ2) is 9.46. The third-order valence-electron chi connectivity index (χ3n) is 5.43. The maximum absolute atomic E-state index is 13.0. The molecule has 0 radical (unpaired) electrons. The van der Waals surface area contributed by atoms with E-state index in [2.05, 4.69) is 30.5 Å². The van der Waals surface area contributed by atoms with Crippen LogP contribution in [0.2, 0.25) is 0 Å². The van der Waals surface area contributed by atoms with Crippen LogP contribution in [0.15, 0.2) is 55.1 Å². The van der Waals surface area contributed by atoms with Crippen molar-refractivity contribution in [2.75, 3.05) is 25.1 Å². The average Bonchev–Trinajstić information content (AvgIpc) is 3.24. The molecule has 1 fully saturated rings. The Bertz CT molecular complexity index is 1010. The highest BCUT2D eigenvalue weighted by Crippen LogP contribution is 2.29. The van der Waals surface area contributed by atoms with Crippen LogP contribution in [0.5, 0.6) is 5.75 Å². The van der Waals surface area contributed by atoms with Gasteiger partial charge in [-0.15, -0.1) is 0 Å². The lowest BCUT2D eigenvalue weighted by Gasteiger charge is -2.33. The SMILES string of the molecule is COc1ccccc1C(NC(=O)NC1CCCN(c2ncccn2)C1)c1nccn1C. The number of rotatable bonds is 6. The summed E-state index contributed by atoms with van der Waals surface area (Å²) >= 11 is 0. The Morgan fingerprint density at radius 1 is 1.16 bits per heavy atom. The van der Waals surface area contributed by atoms with E-state index >= 15 is 0 Å². The number of amides is 2. The number of methoxy groups -OCH3 is 1. The minimum Gasteiger partial charge on any atom is -0.496 e. The highest BCUT2D eigenvalue weighted by Gasteiger charge is 2.27. The van der Waals surface area contributed by atoms with Crippen LogP contribution in [-0.2, 0) is 7.05 Å². The molecule has 9 heteroatoms. The van der Waals surface area contributed by atoms with Crippen LogP contribution in [0.1, 0.15) is 30.3 Å². The fourth-order valence-electron chi connectivity index (χ4n) is 3.93. The fraction of sp³-hybridized carbons (Fsp3) is 0.364. The predicted molar refractivity (Wildman–Crippen MR) is 117 cm³/mol. The van der Waals surface area contributed by atoms with E-state index in [0.29, 0.717) is 18.2 Å². The van der Waals surface area contributed by atoms with Gasteiger partial charge < -0.3 is 24.8 Å². The second-order valence-electron chi connectivity index (χ2n) is 7.52. The topological polar surface area (TPSA) is 97.2 Å². The number of benzene rings is 1. The normalized spacial score (nSPS) is 17.1. The average molecular weight is 422 g/mol. The van der Waals surface area contributed by atoms with E-state index < -0.39 is 6.04 Å². The molecule has 2 N–H and O–H groups in total. The summed E-state index contributed by atoms with van der Waals surface area (Å²) < 4.78 is 7.42. The molecular weight excluding hydrogens is 394 g/mol. The summed E-state index contributed by atoms with van der Waals surface area (Å²) in [7, 11) is 3.53. The van der Waals surface area contributed by atoms with Crippen molar-refractivity contribution < 1.29 is 9.53 Å². The van der Waals surface area contributed by atoms with Gasteiger partial charge in [-0.25, -0.2) is 19.7 Å². The van der Waals surface area contributed by atoms with E-state index in [1.165, 1.54) is 0 Å². The second-order valence-corrected chi connectivity index (χ2v) is 7.52. The summed E-state index contributed by atoms with van der Waals surface area (Å²) in [5.74, 6) is 2.11. The minimum absolute atomic E-state index is 0.00255. The molecule has 2 aromatic heterocycles. The van der Waals surface area contributed by atoms with Gasteiger partial charge >= 0.3 is 6.03 Å². The smallest absolute Gasteiger partial charge is 0.315 e. The number of urea groups is 1. The van der Waals surface area contributed by atoms with Crippen molar-refractivity contribution in [3.05, 3.63) is 66.5 Å². The first-order chi connectivity index (χ1) is 15.2. The third-order valence-corrected chi connectivity index (χ3v) is 5.43. The Labute approximate surface area is 181 Å². The molecule has 2 unspecified atom stereocenters. The van der Waals surface area contributed by atoms with Gasteiger partial charge in [0.25, 0.3) is 0 Å². The van der Waals surface area contributed by atoms with E-state index in [0.717, 1.165) is 30.8 Å². The molecule has 1 saturated heterocycles. The summed E-state index contributed by atoms with van der Waals surface area (Å²) in [5.41, 5.74) is 0.845. The lowest BCUT2D eigenvalue weighted by molar-refractivity contribution is 0.232. The number of imidazole rings is 1. The van der Waals surface area contributed by atoms with Crippen LogP contribution in [0, 0.1) is 0 Å². The number of hydrogen-bond donors (Lipinski definition) is 2. The summed E-state index contributed by atoms with van der Waals surface area (Å²) in [6.45, 7) is 1.54. The molecule has 9 nitrogen and oxygen atoms in total. The summed E-state index contributed by atoms with van der Waals surface area (Å²) in [6.07, 6.45) is 8.90. The van der Waals surface area contributed by atoms with E-state index in [-0.39, 0.29) is 12.1 Å². The molecule has 162 valence electrons. The van der Waals surface area contributed by atoms with E-state index in [9.17, 15) is 4.79 Å². The van der Waals surface area contributed by atoms with Crippen molar-refractivity contribution in [3.8, 4) is 5.75 Å². The van der Waals surface area contributed by atoms with Crippen molar-refractivity contribution >= 4 is 12.0 Å². The van der Waals surface area contributed by atoms with Gasteiger partial charge in [0.15, 0.2) is 0 Å². The largest absolute Gasteiger partial charge is 0.496 e. The van der Waals surface area contributed by atoms with Crippen LogP contribution in [0.4, 0.5) is 10.7 Å². The molecule has 0 aliphatic carbocycles. The van der Waals surface area contributed by atoms with Crippen molar-refractivity contribution in [1.29, 1.82) is 0 Å². The quantitative estimate of drug-likeness (QED) is 0.634. The Balaban J connectivity index is 1.48. The third kappa shape index (κ3) is 4.76. The molecule has 3 heterocycles. The highest BCUT2D eigenvalue weighted by molar-refractivity contribution is 5.75. The standard InChI is InChI=1S/C22H27N7O2/c1-28-14-12-23-20(28)19(17-8-3-4-9-18(17)31-2)27-22(30)26-16-7-5-13-29(15-16)21-24-10-6-11-25-21/h3-4,6,8-12,14,16,19H,5,7,13,15H2,1-2H3,(H2,26,27,30). The lowest BCUT2D eigenvalue weighted by Crippen LogP contribution is -2.51. The number of carbonyl (C=O) groups excluding carboxylic acids is 1. The molecular formula is C22H27N7O2. The molecule has 0 bridgehead atoms. The minimum atomic E-state index is -0.451. The summed E-state index contributed by atoms with van der Waals surface area (Å²) in [5, 5.41) is 6.20. The fourth-order valence-corrected chi connectivity index (χ4v) is 3.93. The monoisotopic (exact) mass is 421 g/mol. The van der Waals surface area contributed by atoms with E-state index in [4.69, 9.17) is 4.74 Å². The predicted octanol–water partition coefficient (Wildman–Crippen LogP) is 2.28. The van der Waals surface area contributed by atoms with Crippen LogP contribution in [0.3, 0.4) is 0 Å². The van der Waals surface area contributed by atoms with Gasteiger partial charge in [0.2, 0.25) is 5.95 Å². The number of ether oxygens (including phenoxy) is 1. The van der Waals surface area contributed by atoms with Gasteiger partial charge in [-0.2, -0.15) is 0 Å². The molecule has 2 atom stereocenters. The number of aryl methyl sites for hydroxylation is 1. The molecule has 1 aliphatic rings. The molecule has 0 spiro atoms. The van der Waals surface area contributed by atoms with Crippen LogP contribution in [0.25, 0.3) is 0 Å². The van der Waals surface area contributed by atoms with Crippen molar-refractivity contribution in [2.24, 2.45) is 7.05 Å². The first-order valence-electron chi connectivity index (χ1n) is 10.3. The molecule has 3 aromatic rings. The zero-order valence-electron chi connectivity index (χ0n) is 17.7. The molecule has 0 saturated carbocycles. The van der Waals surface area contributed by atoms with Crippen LogP contribution in [-0.4, -0.2) is 51.8 Å². The molecule has 1 aliphatic heterocycles. The summed E-state index contributed by atoms with van der Waals surface area (Å²) in [4.78, 5) is 28.2. The zero-order chi connectivity index (χ0) is 21.6. The van der Waals surface area contributed by atoms with Gasteiger partial charge in [-0.1, -0.05) is 18.2 Å². The molecule has 1 aromatic carbocycles. The van der Waals surface area contributed by atoms with Gasteiger partial charge in [0.1, 0.15) is 17.6 Å². The number of piperidine rings is 1. The van der Waals surface area contributed by atoms with Gasteiger partial charge in [0, 0.05) is 56.5 Å². The maximum Gasteiger partial charge on any atom is 0.315 e. The van der Waals surface area contributed by atoms with E-state index in [1.807, 2.05) is 42.1 Å². The Morgan fingerprint density at radius 3 is 2.71 bits per heavy atom.